The summed E-state index contributed by atoms with van der Waals surface area (Å²) in [6, 6.07) is 0.203. The molecule has 150 valence electrons. The molecule has 0 aromatic rings. The van der Waals surface area contributed by atoms with Crippen molar-refractivity contribution in [1.29, 1.82) is 0 Å². The van der Waals surface area contributed by atoms with Crippen molar-refractivity contribution < 1.29 is 19.1 Å². The van der Waals surface area contributed by atoms with E-state index in [9.17, 15) is 14.4 Å². The van der Waals surface area contributed by atoms with Crippen LogP contribution in [0.2, 0.25) is 0 Å². The van der Waals surface area contributed by atoms with Crippen molar-refractivity contribution in [3.8, 4) is 0 Å². The zero-order valence-electron chi connectivity index (χ0n) is 16.3. The van der Waals surface area contributed by atoms with Crippen LogP contribution in [0.15, 0.2) is 0 Å². The molecule has 5 aliphatic carbocycles. The average molecular weight is 376 g/mol. The molecule has 1 atom stereocenters. The third-order valence-electron chi connectivity index (χ3n) is 7.29. The maximum atomic E-state index is 12.9. The van der Waals surface area contributed by atoms with Crippen LogP contribution in [-0.4, -0.2) is 36.5 Å². The Labute approximate surface area is 161 Å². The lowest BCUT2D eigenvalue weighted by atomic mass is 9.49. The molecule has 2 amide bonds. The van der Waals surface area contributed by atoms with Gasteiger partial charge in [-0.2, -0.15) is 0 Å². The first-order valence-corrected chi connectivity index (χ1v) is 10.7. The molecule has 0 heterocycles. The summed E-state index contributed by atoms with van der Waals surface area (Å²) in [4.78, 5) is 37.1. The van der Waals surface area contributed by atoms with Crippen molar-refractivity contribution in [3.05, 3.63) is 0 Å². The van der Waals surface area contributed by atoms with Gasteiger partial charge < -0.3 is 15.4 Å². The van der Waals surface area contributed by atoms with Crippen LogP contribution >= 0.6 is 0 Å². The molecule has 0 radical (unpaired) electrons. The summed E-state index contributed by atoms with van der Waals surface area (Å²) in [6.07, 6.45) is 10.2. The number of hydrogen-bond donors (Lipinski definition) is 2. The van der Waals surface area contributed by atoms with Crippen LogP contribution in [0.1, 0.15) is 71.1 Å². The van der Waals surface area contributed by atoms with Crippen molar-refractivity contribution in [2.75, 3.05) is 6.54 Å². The standard InChI is InChI=1S/C21H32N2O4/c1-13(19(25)23-17-4-2-3-5-17)27-18(24)12-22-20(26)21-9-14-6-15(10-21)8-16(7-14)11-21/h13-17H,2-12H2,1H3,(H,22,26)(H,23,25)/t13-,14?,15?,16?,21?/m0/s1. The molecule has 0 unspecified atom stereocenters. The molecule has 5 rings (SSSR count). The third-order valence-corrected chi connectivity index (χ3v) is 7.29. The molecule has 5 saturated carbocycles. The number of amides is 2. The van der Waals surface area contributed by atoms with Gasteiger partial charge in [0.1, 0.15) is 6.54 Å². The van der Waals surface area contributed by atoms with Gasteiger partial charge in [-0.05, 0) is 76.0 Å². The minimum absolute atomic E-state index is 0.0154. The van der Waals surface area contributed by atoms with Crippen molar-refractivity contribution in [2.24, 2.45) is 23.2 Å². The van der Waals surface area contributed by atoms with E-state index >= 15 is 0 Å². The highest BCUT2D eigenvalue weighted by atomic mass is 16.5. The van der Waals surface area contributed by atoms with Crippen molar-refractivity contribution in [2.45, 2.75) is 83.3 Å². The first-order valence-electron chi connectivity index (χ1n) is 10.7. The zero-order chi connectivity index (χ0) is 19.0. The Morgan fingerprint density at radius 1 is 1.00 bits per heavy atom. The number of carbonyl (C=O) groups is 3. The zero-order valence-corrected chi connectivity index (χ0v) is 16.3. The predicted molar refractivity (Wildman–Crippen MR) is 99.6 cm³/mol. The lowest BCUT2D eigenvalue weighted by Crippen LogP contribution is -2.54. The van der Waals surface area contributed by atoms with Gasteiger partial charge in [0.05, 0.1) is 0 Å². The molecular weight excluding hydrogens is 344 g/mol. The fraction of sp³-hybridized carbons (Fsp3) is 0.857. The SMILES string of the molecule is C[C@H](OC(=O)CNC(=O)C12CC3CC(CC(C3)C1)C2)C(=O)NC1CCCC1. The summed E-state index contributed by atoms with van der Waals surface area (Å²) < 4.78 is 5.23. The molecule has 0 aromatic carbocycles. The number of esters is 1. The lowest BCUT2D eigenvalue weighted by molar-refractivity contribution is -0.156. The molecule has 6 nitrogen and oxygen atoms in total. The van der Waals surface area contributed by atoms with Gasteiger partial charge in [0, 0.05) is 11.5 Å². The first-order chi connectivity index (χ1) is 12.9. The summed E-state index contributed by atoms with van der Waals surface area (Å²) in [6.45, 7) is 1.44. The minimum atomic E-state index is -0.824. The predicted octanol–water partition coefficient (Wildman–Crippen LogP) is 2.31. The molecule has 5 aliphatic rings. The molecular formula is C21H32N2O4. The Kier molecular flexibility index (Phi) is 5.17. The molecule has 2 N–H and O–H groups in total. The van der Waals surface area contributed by atoms with Crippen LogP contribution < -0.4 is 10.6 Å². The minimum Gasteiger partial charge on any atom is -0.451 e. The van der Waals surface area contributed by atoms with Crippen LogP contribution in [0.25, 0.3) is 0 Å². The molecule has 0 spiro atoms. The van der Waals surface area contributed by atoms with Gasteiger partial charge in [-0.3, -0.25) is 14.4 Å². The van der Waals surface area contributed by atoms with E-state index in [1.165, 1.54) is 19.3 Å². The fourth-order valence-corrected chi connectivity index (χ4v) is 6.41. The normalized spacial score (nSPS) is 35.7. The molecule has 5 fully saturated rings. The van der Waals surface area contributed by atoms with Crippen molar-refractivity contribution in [3.63, 3.8) is 0 Å². The summed E-state index contributed by atoms with van der Waals surface area (Å²) in [5.41, 5.74) is -0.263. The summed E-state index contributed by atoms with van der Waals surface area (Å²) in [5.74, 6) is 1.29. The number of nitrogens with one attached hydrogen (secondary N) is 2. The highest BCUT2D eigenvalue weighted by Gasteiger charge is 2.54. The average Bonchev–Trinajstić information content (AvgIpc) is 3.11. The summed E-state index contributed by atoms with van der Waals surface area (Å²) >= 11 is 0. The second-order valence-electron chi connectivity index (χ2n) is 9.50. The van der Waals surface area contributed by atoms with E-state index in [1.807, 2.05) is 0 Å². The van der Waals surface area contributed by atoms with Crippen LogP contribution in [0.3, 0.4) is 0 Å². The fourth-order valence-electron chi connectivity index (χ4n) is 6.41. The Balaban J connectivity index is 1.23. The van der Waals surface area contributed by atoms with E-state index in [4.69, 9.17) is 4.74 Å². The Bertz CT molecular complexity index is 576. The van der Waals surface area contributed by atoms with Crippen molar-refractivity contribution >= 4 is 17.8 Å². The molecule has 27 heavy (non-hydrogen) atoms. The van der Waals surface area contributed by atoms with Crippen LogP contribution in [0.4, 0.5) is 0 Å². The van der Waals surface area contributed by atoms with Gasteiger partial charge in [0.15, 0.2) is 6.10 Å². The van der Waals surface area contributed by atoms with Gasteiger partial charge in [0.25, 0.3) is 5.91 Å². The number of rotatable bonds is 6. The second-order valence-corrected chi connectivity index (χ2v) is 9.50. The van der Waals surface area contributed by atoms with E-state index in [2.05, 4.69) is 10.6 Å². The molecule has 0 aliphatic heterocycles. The summed E-state index contributed by atoms with van der Waals surface area (Å²) in [5, 5.41) is 5.75. The van der Waals surface area contributed by atoms with Gasteiger partial charge in [-0.15, -0.1) is 0 Å². The third kappa shape index (κ3) is 3.99. The van der Waals surface area contributed by atoms with Gasteiger partial charge in [-0.25, -0.2) is 0 Å². The summed E-state index contributed by atoms with van der Waals surface area (Å²) in [7, 11) is 0. The Morgan fingerprint density at radius 3 is 2.11 bits per heavy atom. The van der Waals surface area contributed by atoms with E-state index in [-0.39, 0.29) is 29.8 Å². The van der Waals surface area contributed by atoms with Gasteiger partial charge in [0.2, 0.25) is 5.91 Å². The number of ether oxygens (including phenoxy) is 1. The lowest BCUT2D eigenvalue weighted by Gasteiger charge is -2.55. The highest BCUT2D eigenvalue weighted by molar-refractivity contribution is 5.88. The van der Waals surface area contributed by atoms with Gasteiger partial charge >= 0.3 is 5.97 Å². The van der Waals surface area contributed by atoms with Gasteiger partial charge in [-0.1, -0.05) is 12.8 Å². The highest BCUT2D eigenvalue weighted by Crippen LogP contribution is 2.60. The molecule has 0 saturated heterocycles. The van der Waals surface area contributed by atoms with E-state index in [0.717, 1.165) is 44.9 Å². The molecule has 4 bridgehead atoms. The quantitative estimate of drug-likeness (QED) is 0.697. The largest absolute Gasteiger partial charge is 0.451 e. The Morgan fingerprint density at radius 2 is 1.56 bits per heavy atom. The van der Waals surface area contributed by atoms with Crippen LogP contribution in [-0.2, 0) is 19.1 Å². The maximum Gasteiger partial charge on any atom is 0.326 e. The smallest absolute Gasteiger partial charge is 0.326 e. The van der Waals surface area contributed by atoms with Crippen molar-refractivity contribution in [1.82, 2.24) is 10.6 Å². The number of carbonyl (C=O) groups excluding carboxylic acids is 3. The first kappa shape index (κ1) is 18.8. The van der Waals surface area contributed by atoms with E-state index < -0.39 is 12.1 Å². The number of hydrogen-bond acceptors (Lipinski definition) is 4. The monoisotopic (exact) mass is 376 g/mol. The molecule has 6 heteroatoms. The maximum absolute atomic E-state index is 12.9. The van der Waals surface area contributed by atoms with E-state index in [0.29, 0.717) is 17.8 Å². The van der Waals surface area contributed by atoms with Crippen LogP contribution in [0, 0.1) is 23.2 Å². The second kappa shape index (κ2) is 7.44. The van der Waals surface area contributed by atoms with Crippen LogP contribution in [0.5, 0.6) is 0 Å². The molecule has 0 aromatic heterocycles. The topological polar surface area (TPSA) is 84.5 Å². The Hall–Kier alpha value is -1.59. The van der Waals surface area contributed by atoms with E-state index in [1.54, 1.807) is 6.92 Å².